The van der Waals surface area contributed by atoms with Gasteiger partial charge in [0.2, 0.25) is 0 Å². The van der Waals surface area contributed by atoms with E-state index in [1.165, 1.54) is 4.90 Å². The molecule has 1 heterocycles. The van der Waals surface area contributed by atoms with Gasteiger partial charge >= 0.3 is 5.97 Å². The minimum atomic E-state index is -0.289. The summed E-state index contributed by atoms with van der Waals surface area (Å²) in [4.78, 5) is 13.1. The first-order chi connectivity index (χ1) is 9.13. The van der Waals surface area contributed by atoms with Crippen LogP contribution in [0.4, 0.5) is 0 Å². The largest absolute Gasteiger partial charge is 0.482 e. The van der Waals surface area contributed by atoms with E-state index >= 15 is 0 Å². The van der Waals surface area contributed by atoms with Gasteiger partial charge in [-0.05, 0) is 30.7 Å². The van der Waals surface area contributed by atoms with Gasteiger partial charge in [0, 0.05) is 10.9 Å². The van der Waals surface area contributed by atoms with Gasteiger partial charge in [0.25, 0.3) is 0 Å². The lowest BCUT2D eigenvalue weighted by atomic mass is 10.1. The van der Waals surface area contributed by atoms with Gasteiger partial charge in [0.05, 0.1) is 13.6 Å². The van der Waals surface area contributed by atoms with Crippen molar-refractivity contribution in [2.24, 2.45) is 0 Å². The summed E-state index contributed by atoms with van der Waals surface area (Å²) in [6.45, 7) is 2.02. The summed E-state index contributed by atoms with van der Waals surface area (Å²) in [6.07, 6.45) is 2.10. The monoisotopic (exact) mass is 328 g/mol. The summed E-state index contributed by atoms with van der Waals surface area (Å²) in [5.74, 6) is 0.383. The second kappa shape index (κ2) is 6.91. The van der Waals surface area contributed by atoms with Crippen LogP contribution >= 0.6 is 15.9 Å². The summed E-state index contributed by atoms with van der Waals surface area (Å²) in [7, 11) is 2.12. The van der Waals surface area contributed by atoms with E-state index in [1.807, 2.05) is 24.3 Å². The van der Waals surface area contributed by atoms with Crippen molar-refractivity contribution in [3.63, 3.8) is 0 Å². The molecule has 1 aromatic carbocycles. The molecule has 5 heteroatoms. The van der Waals surface area contributed by atoms with Crippen molar-refractivity contribution < 1.29 is 19.2 Å². The molecule has 4 nitrogen and oxygen atoms in total. The maximum absolute atomic E-state index is 11.7. The summed E-state index contributed by atoms with van der Waals surface area (Å²) < 4.78 is 11.8. The number of likely N-dealkylation sites (N-methyl/N-ethyl adjacent to an activating group) is 1. The van der Waals surface area contributed by atoms with Gasteiger partial charge in [0.1, 0.15) is 12.3 Å². The van der Waals surface area contributed by atoms with Gasteiger partial charge in [-0.15, -0.1) is 0 Å². The number of benzene rings is 1. The van der Waals surface area contributed by atoms with E-state index in [1.54, 1.807) is 0 Å². The molecular weight excluding hydrogens is 310 g/mol. The Kier molecular flexibility index (Phi) is 5.22. The van der Waals surface area contributed by atoms with Crippen LogP contribution < -0.4 is 9.64 Å². The molecular formula is C14H19BrNO3+. The predicted molar refractivity (Wildman–Crippen MR) is 75.4 cm³/mol. The summed E-state index contributed by atoms with van der Waals surface area (Å²) >= 11 is 3.35. The van der Waals surface area contributed by atoms with Crippen molar-refractivity contribution in [3.8, 4) is 5.75 Å². The fraction of sp³-hybridized carbons (Fsp3) is 0.500. The van der Waals surface area contributed by atoms with Gasteiger partial charge < -0.3 is 14.4 Å². The third kappa shape index (κ3) is 4.84. The molecule has 0 aliphatic carbocycles. The van der Waals surface area contributed by atoms with Crippen LogP contribution in [0, 0.1) is 0 Å². The second-order valence-corrected chi connectivity index (χ2v) is 5.82. The molecule has 0 spiro atoms. The van der Waals surface area contributed by atoms with Crippen LogP contribution in [0.2, 0.25) is 0 Å². The number of likely N-dealkylation sites (tertiary alicyclic amines) is 1. The lowest BCUT2D eigenvalue weighted by molar-refractivity contribution is -0.888. The summed E-state index contributed by atoms with van der Waals surface area (Å²) in [5, 5.41) is 0. The third-order valence-electron chi connectivity index (χ3n) is 3.17. The highest BCUT2D eigenvalue weighted by atomic mass is 79.9. The number of hydrogen-bond acceptors (Lipinski definition) is 3. The SMILES string of the molecule is C[NH+]1CCCC(OC(=O)COc2ccc(Br)cc2)C1. The Morgan fingerprint density at radius 3 is 2.84 bits per heavy atom. The molecule has 1 N–H and O–H groups in total. The number of esters is 1. The van der Waals surface area contributed by atoms with Crippen molar-refractivity contribution in [3.05, 3.63) is 28.7 Å². The van der Waals surface area contributed by atoms with Gasteiger partial charge in [-0.3, -0.25) is 0 Å². The van der Waals surface area contributed by atoms with E-state index < -0.39 is 0 Å². The van der Waals surface area contributed by atoms with Crippen molar-refractivity contribution >= 4 is 21.9 Å². The van der Waals surface area contributed by atoms with E-state index in [0.29, 0.717) is 5.75 Å². The number of hydrogen-bond donors (Lipinski definition) is 1. The Hall–Kier alpha value is -1.07. The average molecular weight is 329 g/mol. The number of carbonyl (C=O) groups is 1. The van der Waals surface area contributed by atoms with Gasteiger partial charge in [-0.1, -0.05) is 15.9 Å². The van der Waals surface area contributed by atoms with E-state index in [2.05, 4.69) is 23.0 Å². The van der Waals surface area contributed by atoms with Gasteiger partial charge in [-0.25, -0.2) is 4.79 Å². The number of nitrogens with one attached hydrogen (secondary N) is 1. The quantitative estimate of drug-likeness (QED) is 0.840. The van der Waals surface area contributed by atoms with Crippen LogP contribution in [-0.4, -0.2) is 38.8 Å². The van der Waals surface area contributed by atoms with E-state index in [9.17, 15) is 4.79 Å². The number of halogens is 1. The Bertz CT molecular complexity index is 421. The number of rotatable bonds is 4. The number of quaternary nitrogens is 1. The Balaban J connectivity index is 1.73. The number of piperidine rings is 1. The van der Waals surface area contributed by atoms with Crippen molar-refractivity contribution in [1.29, 1.82) is 0 Å². The summed E-state index contributed by atoms with van der Waals surface area (Å²) in [6, 6.07) is 7.38. The first-order valence-electron chi connectivity index (χ1n) is 6.52. The Labute approximate surface area is 121 Å². The standard InChI is InChI=1S/C14H18BrNO3/c1-16-8-2-3-13(9-16)19-14(17)10-18-12-6-4-11(15)5-7-12/h4-7,13H,2-3,8-10H2,1H3/p+1. The number of ether oxygens (including phenoxy) is 2. The highest BCUT2D eigenvalue weighted by molar-refractivity contribution is 9.10. The molecule has 1 aliphatic heterocycles. The Morgan fingerprint density at radius 1 is 1.42 bits per heavy atom. The number of carbonyl (C=O) groups excluding carboxylic acids is 1. The third-order valence-corrected chi connectivity index (χ3v) is 3.70. The van der Waals surface area contributed by atoms with Crippen LogP contribution in [0.15, 0.2) is 28.7 Å². The lowest BCUT2D eigenvalue weighted by Gasteiger charge is -2.26. The molecule has 0 saturated carbocycles. The molecule has 0 radical (unpaired) electrons. The van der Waals surface area contributed by atoms with E-state index in [0.717, 1.165) is 30.4 Å². The van der Waals surface area contributed by atoms with Crippen LogP contribution in [0.25, 0.3) is 0 Å². The molecule has 1 fully saturated rings. The van der Waals surface area contributed by atoms with Crippen LogP contribution in [-0.2, 0) is 9.53 Å². The lowest BCUT2D eigenvalue weighted by Crippen LogP contribution is -3.11. The van der Waals surface area contributed by atoms with Crippen molar-refractivity contribution in [2.45, 2.75) is 18.9 Å². The van der Waals surface area contributed by atoms with Crippen LogP contribution in [0.5, 0.6) is 5.75 Å². The molecule has 19 heavy (non-hydrogen) atoms. The topological polar surface area (TPSA) is 40.0 Å². The van der Waals surface area contributed by atoms with E-state index in [4.69, 9.17) is 9.47 Å². The first-order valence-corrected chi connectivity index (χ1v) is 7.32. The zero-order valence-corrected chi connectivity index (χ0v) is 12.6. The second-order valence-electron chi connectivity index (χ2n) is 4.91. The fourth-order valence-corrected chi connectivity index (χ4v) is 2.48. The van der Waals surface area contributed by atoms with Crippen LogP contribution in [0.3, 0.4) is 0 Å². The molecule has 2 unspecified atom stereocenters. The fourth-order valence-electron chi connectivity index (χ4n) is 2.22. The minimum Gasteiger partial charge on any atom is -0.482 e. The molecule has 2 atom stereocenters. The zero-order valence-electron chi connectivity index (χ0n) is 11.0. The molecule has 104 valence electrons. The zero-order chi connectivity index (χ0) is 13.7. The molecule has 1 saturated heterocycles. The average Bonchev–Trinajstić information content (AvgIpc) is 2.38. The van der Waals surface area contributed by atoms with Crippen molar-refractivity contribution in [2.75, 3.05) is 26.7 Å². The first kappa shape index (κ1) is 14.3. The van der Waals surface area contributed by atoms with Gasteiger partial charge in [0.15, 0.2) is 12.7 Å². The molecule has 0 amide bonds. The molecule has 0 bridgehead atoms. The maximum Gasteiger partial charge on any atom is 0.344 e. The maximum atomic E-state index is 11.7. The highest BCUT2D eigenvalue weighted by Crippen LogP contribution is 2.16. The molecule has 0 aromatic heterocycles. The predicted octanol–water partition coefficient (Wildman–Crippen LogP) is 1.05. The molecule has 2 rings (SSSR count). The smallest absolute Gasteiger partial charge is 0.344 e. The van der Waals surface area contributed by atoms with Gasteiger partial charge in [-0.2, -0.15) is 0 Å². The minimum absolute atomic E-state index is 0.0306. The highest BCUT2D eigenvalue weighted by Gasteiger charge is 2.23. The molecule has 1 aromatic rings. The van der Waals surface area contributed by atoms with Crippen molar-refractivity contribution in [1.82, 2.24) is 0 Å². The Morgan fingerprint density at radius 2 is 2.16 bits per heavy atom. The molecule has 1 aliphatic rings. The van der Waals surface area contributed by atoms with Crippen LogP contribution in [0.1, 0.15) is 12.8 Å². The normalized spacial score (nSPS) is 22.8. The van der Waals surface area contributed by atoms with E-state index in [-0.39, 0.29) is 18.7 Å². The summed E-state index contributed by atoms with van der Waals surface area (Å²) in [5.41, 5.74) is 0.